The predicted octanol–water partition coefficient (Wildman–Crippen LogP) is 7.04. The maximum absolute atomic E-state index is 13.9. The zero-order valence-corrected chi connectivity index (χ0v) is 20.8. The third-order valence-corrected chi connectivity index (χ3v) is 7.52. The van der Waals surface area contributed by atoms with Crippen molar-refractivity contribution in [1.82, 2.24) is 10.2 Å². The van der Waals surface area contributed by atoms with E-state index < -0.39 is 12.1 Å². The zero-order valence-electron chi connectivity index (χ0n) is 20.8. The number of alkyl halides is 3. The van der Waals surface area contributed by atoms with Gasteiger partial charge in [-0.2, -0.15) is 13.2 Å². The molecule has 1 aliphatic rings. The molecule has 186 valence electrons. The van der Waals surface area contributed by atoms with Crippen molar-refractivity contribution < 1.29 is 13.2 Å². The van der Waals surface area contributed by atoms with Gasteiger partial charge in [-0.05, 0) is 79.8 Å². The lowest BCUT2D eigenvalue weighted by Gasteiger charge is -2.43. The molecule has 1 atom stereocenters. The van der Waals surface area contributed by atoms with Crippen molar-refractivity contribution in [2.75, 3.05) is 26.2 Å². The molecule has 2 aromatic carbocycles. The Balaban J connectivity index is 1.48. The van der Waals surface area contributed by atoms with E-state index >= 15 is 0 Å². The van der Waals surface area contributed by atoms with Gasteiger partial charge in [0.05, 0.1) is 0 Å². The summed E-state index contributed by atoms with van der Waals surface area (Å²) in [5.74, 6) is -1.64. The summed E-state index contributed by atoms with van der Waals surface area (Å²) in [5, 5.41) is 3.60. The van der Waals surface area contributed by atoms with Gasteiger partial charge < -0.3 is 10.2 Å². The predicted molar refractivity (Wildman–Crippen MR) is 135 cm³/mol. The molecule has 0 radical (unpaired) electrons. The molecular formula is C29H39F3N2. The number of rotatable bonds is 10. The normalized spacial score (nSPS) is 16.9. The molecule has 0 aromatic heterocycles. The second-order valence-electron chi connectivity index (χ2n) is 9.99. The maximum atomic E-state index is 13.9. The summed E-state index contributed by atoms with van der Waals surface area (Å²) in [6.07, 6.45) is 0.519. The minimum atomic E-state index is -4.35. The number of piperidine rings is 1. The smallest absolute Gasteiger partial charge is 0.374 e. The molecule has 0 spiro atoms. The molecule has 1 heterocycles. The lowest BCUT2D eigenvalue weighted by Crippen LogP contribution is -2.42. The van der Waals surface area contributed by atoms with Crippen LogP contribution >= 0.6 is 0 Å². The molecule has 1 unspecified atom stereocenters. The largest absolute Gasteiger partial charge is 0.401 e. The van der Waals surface area contributed by atoms with Crippen LogP contribution in [0.1, 0.15) is 61.3 Å². The highest BCUT2D eigenvalue weighted by Crippen LogP contribution is 2.43. The Morgan fingerprint density at radius 3 is 2.35 bits per heavy atom. The first-order chi connectivity index (χ1) is 16.1. The van der Waals surface area contributed by atoms with Gasteiger partial charge in [-0.15, -0.1) is 0 Å². The van der Waals surface area contributed by atoms with Crippen molar-refractivity contribution in [2.24, 2.45) is 5.41 Å². The average molecular weight is 473 g/mol. The van der Waals surface area contributed by atoms with Gasteiger partial charge in [0.1, 0.15) is 5.92 Å². The first-order valence-electron chi connectivity index (χ1n) is 12.5. The van der Waals surface area contributed by atoms with Gasteiger partial charge in [0.15, 0.2) is 0 Å². The number of halogens is 3. The summed E-state index contributed by atoms with van der Waals surface area (Å²) in [7, 11) is 0. The van der Waals surface area contributed by atoms with Crippen molar-refractivity contribution >= 4 is 0 Å². The van der Waals surface area contributed by atoms with E-state index in [0.29, 0.717) is 13.1 Å². The van der Waals surface area contributed by atoms with Crippen molar-refractivity contribution in [3.05, 3.63) is 83.1 Å². The number of allylic oxidation sites excluding steroid dienone is 1. The number of nitrogens with one attached hydrogen (secondary N) is 1. The first-order valence-corrected chi connectivity index (χ1v) is 12.5. The lowest BCUT2D eigenvalue weighted by molar-refractivity contribution is -0.146. The van der Waals surface area contributed by atoms with Crippen LogP contribution in [0, 0.1) is 12.3 Å². The zero-order chi connectivity index (χ0) is 24.8. The van der Waals surface area contributed by atoms with Crippen LogP contribution in [0.3, 0.4) is 0 Å². The highest BCUT2D eigenvalue weighted by Gasteiger charge is 2.45. The average Bonchev–Trinajstić information content (AvgIpc) is 2.80. The van der Waals surface area contributed by atoms with Crippen molar-refractivity contribution in [3.8, 4) is 0 Å². The highest BCUT2D eigenvalue weighted by atomic mass is 19.4. The fourth-order valence-electron chi connectivity index (χ4n) is 5.16. The van der Waals surface area contributed by atoms with E-state index in [4.69, 9.17) is 0 Å². The number of likely N-dealkylation sites (tertiary alicyclic amines) is 1. The summed E-state index contributed by atoms with van der Waals surface area (Å²) in [6.45, 7) is 13.7. The number of hydrogen-bond acceptors (Lipinski definition) is 2. The van der Waals surface area contributed by atoms with Crippen molar-refractivity contribution in [1.29, 1.82) is 0 Å². The Morgan fingerprint density at radius 2 is 1.74 bits per heavy atom. The second-order valence-corrected chi connectivity index (χ2v) is 9.99. The van der Waals surface area contributed by atoms with E-state index in [9.17, 15) is 13.2 Å². The summed E-state index contributed by atoms with van der Waals surface area (Å²) in [6, 6.07) is 14.7. The minimum Gasteiger partial charge on any atom is -0.374 e. The third kappa shape index (κ3) is 6.65. The topological polar surface area (TPSA) is 15.3 Å². The molecule has 0 aliphatic carbocycles. The molecule has 0 bridgehead atoms. The van der Waals surface area contributed by atoms with Gasteiger partial charge in [-0.25, -0.2) is 0 Å². The summed E-state index contributed by atoms with van der Waals surface area (Å²) in [5.41, 5.74) is 4.80. The molecule has 1 fully saturated rings. The molecule has 3 rings (SSSR count). The van der Waals surface area contributed by atoms with Crippen LogP contribution in [0.25, 0.3) is 0 Å². The molecule has 5 heteroatoms. The van der Waals surface area contributed by atoms with Gasteiger partial charge in [-0.3, -0.25) is 0 Å². The van der Waals surface area contributed by atoms with Gasteiger partial charge in [0.25, 0.3) is 0 Å². The molecule has 0 amide bonds. The Hall–Kier alpha value is -2.27. The maximum Gasteiger partial charge on any atom is 0.401 e. The molecule has 0 saturated carbocycles. The SMILES string of the molecule is C=C(C(c1ccccc1)C(F)(F)F)N1CCC(C)(CCNCCc2c(C)cccc2CC)CC1. The van der Waals surface area contributed by atoms with Crippen molar-refractivity contribution in [2.45, 2.75) is 65.0 Å². The van der Waals surface area contributed by atoms with E-state index in [0.717, 1.165) is 45.2 Å². The molecular weight excluding hydrogens is 433 g/mol. The Morgan fingerprint density at radius 1 is 1.06 bits per heavy atom. The van der Waals surface area contributed by atoms with E-state index in [1.54, 1.807) is 30.3 Å². The highest BCUT2D eigenvalue weighted by molar-refractivity contribution is 5.34. The number of hydrogen-bond donors (Lipinski definition) is 1. The second kappa shape index (κ2) is 11.4. The van der Waals surface area contributed by atoms with Gasteiger partial charge in [0.2, 0.25) is 0 Å². The van der Waals surface area contributed by atoms with Crippen LogP contribution in [0.15, 0.2) is 60.8 Å². The standard InChI is InChI=1S/C29H39F3N2/c1-5-24-13-9-10-22(2)26(24)14-18-33-19-15-28(4)16-20-34(21-17-28)23(3)27(29(30,31)32)25-11-7-6-8-12-25/h6-13,27,33H,3,5,14-21H2,1-2,4H3. The van der Waals surface area contributed by atoms with Crippen LogP contribution in [0.5, 0.6) is 0 Å². The lowest BCUT2D eigenvalue weighted by atomic mass is 9.77. The summed E-state index contributed by atoms with van der Waals surface area (Å²) >= 11 is 0. The molecule has 2 nitrogen and oxygen atoms in total. The van der Waals surface area contributed by atoms with E-state index in [2.05, 4.69) is 50.9 Å². The third-order valence-electron chi connectivity index (χ3n) is 7.52. The van der Waals surface area contributed by atoms with Crippen LogP contribution in [-0.4, -0.2) is 37.3 Å². The van der Waals surface area contributed by atoms with Crippen molar-refractivity contribution in [3.63, 3.8) is 0 Å². The number of benzene rings is 2. The Labute approximate surface area is 203 Å². The fourth-order valence-corrected chi connectivity index (χ4v) is 5.16. The van der Waals surface area contributed by atoms with Crippen LogP contribution < -0.4 is 5.32 Å². The Kier molecular flexibility index (Phi) is 8.86. The number of nitrogens with zero attached hydrogens (tertiary/aromatic N) is 1. The molecule has 34 heavy (non-hydrogen) atoms. The van der Waals surface area contributed by atoms with Gasteiger partial charge in [-0.1, -0.05) is 69.0 Å². The van der Waals surface area contributed by atoms with Gasteiger partial charge >= 0.3 is 6.18 Å². The monoisotopic (exact) mass is 472 g/mol. The summed E-state index contributed by atoms with van der Waals surface area (Å²) < 4.78 is 41.7. The fraction of sp³-hybridized carbons (Fsp3) is 0.517. The summed E-state index contributed by atoms with van der Waals surface area (Å²) in [4.78, 5) is 1.85. The molecule has 1 N–H and O–H groups in total. The first kappa shape index (κ1) is 26.3. The minimum absolute atomic E-state index is 0.140. The van der Waals surface area contributed by atoms with Gasteiger partial charge in [0, 0.05) is 18.8 Å². The van der Waals surface area contributed by atoms with Crippen LogP contribution in [0.4, 0.5) is 13.2 Å². The quantitative estimate of drug-likeness (QED) is 0.373. The van der Waals surface area contributed by atoms with Crippen LogP contribution in [0.2, 0.25) is 0 Å². The molecule has 1 saturated heterocycles. The molecule has 1 aliphatic heterocycles. The van der Waals surface area contributed by atoms with E-state index in [1.807, 2.05) is 4.90 Å². The number of aryl methyl sites for hydroxylation is 2. The van der Waals surface area contributed by atoms with E-state index in [-0.39, 0.29) is 16.7 Å². The van der Waals surface area contributed by atoms with E-state index in [1.165, 1.54) is 16.7 Å². The Bertz CT molecular complexity index is 928. The molecule has 2 aromatic rings. The van der Waals surface area contributed by atoms with Crippen LogP contribution in [-0.2, 0) is 12.8 Å².